The molecule has 2 heterocycles. The summed E-state index contributed by atoms with van der Waals surface area (Å²) in [5.74, 6) is -1.37. The highest BCUT2D eigenvalue weighted by molar-refractivity contribution is 5.93. The van der Waals surface area contributed by atoms with Crippen molar-refractivity contribution in [3.05, 3.63) is 35.3 Å². The van der Waals surface area contributed by atoms with Crippen LogP contribution in [0.4, 0.5) is 4.39 Å². The van der Waals surface area contributed by atoms with Crippen LogP contribution in [0.25, 0.3) is 22.6 Å². The van der Waals surface area contributed by atoms with Crippen LogP contribution in [0, 0.1) is 12.7 Å². The third kappa shape index (κ3) is 1.85. The fraction of sp³-hybridized carbons (Fsp3) is 0.0833. The van der Waals surface area contributed by atoms with Crippen LogP contribution in [0.3, 0.4) is 0 Å². The molecule has 3 aromatic rings. The quantitative estimate of drug-likeness (QED) is 0.738. The molecular weight excluding hydrogens is 253 g/mol. The van der Waals surface area contributed by atoms with Crippen molar-refractivity contribution in [2.24, 2.45) is 0 Å². The number of carboxylic acid groups (broad SMARTS) is 1. The van der Waals surface area contributed by atoms with Crippen molar-refractivity contribution in [1.29, 1.82) is 0 Å². The zero-order chi connectivity index (χ0) is 13.6. The van der Waals surface area contributed by atoms with Gasteiger partial charge < -0.3 is 14.6 Å². The maximum atomic E-state index is 13.5. The molecule has 0 unspecified atom stereocenters. The van der Waals surface area contributed by atoms with Crippen molar-refractivity contribution in [1.82, 2.24) is 15.1 Å². The molecule has 6 nitrogen and oxygen atoms in total. The lowest BCUT2D eigenvalue weighted by Gasteiger charge is -1.95. The topological polar surface area (TPSA) is 92.0 Å². The van der Waals surface area contributed by atoms with Gasteiger partial charge >= 0.3 is 5.97 Å². The van der Waals surface area contributed by atoms with Gasteiger partial charge in [-0.1, -0.05) is 5.16 Å². The summed E-state index contributed by atoms with van der Waals surface area (Å²) in [7, 11) is 0. The van der Waals surface area contributed by atoms with Crippen LogP contribution in [0.1, 0.15) is 16.1 Å². The van der Waals surface area contributed by atoms with Crippen LogP contribution in [0.2, 0.25) is 0 Å². The van der Waals surface area contributed by atoms with Gasteiger partial charge in [0.15, 0.2) is 5.82 Å². The number of hydrogen-bond donors (Lipinski definition) is 2. The van der Waals surface area contributed by atoms with Crippen LogP contribution in [0.5, 0.6) is 0 Å². The summed E-state index contributed by atoms with van der Waals surface area (Å²) in [4.78, 5) is 17.9. The van der Waals surface area contributed by atoms with Crippen molar-refractivity contribution < 1.29 is 18.8 Å². The second-order valence-electron chi connectivity index (χ2n) is 4.07. The minimum atomic E-state index is -1.33. The number of fused-ring (bicyclic) bond motifs is 1. The van der Waals surface area contributed by atoms with Crippen LogP contribution < -0.4 is 0 Å². The second kappa shape index (κ2) is 3.91. The largest absolute Gasteiger partial charge is 0.478 e. The first-order valence-corrected chi connectivity index (χ1v) is 5.41. The summed E-state index contributed by atoms with van der Waals surface area (Å²) in [5.41, 5.74) is 1.02. The Hall–Kier alpha value is -2.70. The molecule has 3 rings (SSSR count). The Bertz CT molecular complexity index is 791. The third-order valence-electron chi connectivity index (χ3n) is 2.66. The molecule has 0 aliphatic heterocycles. The molecule has 0 radical (unpaired) electrons. The van der Waals surface area contributed by atoms with E-state index in [0.29, 0.717) is 28.3 Å². The molecule has 0 bridgehead atoms. The molecule has 0 fully saturated rings. The lowest BCUT2D eigenvalue weighted by Crippen LogP contribution is -1.99. The van der Waals surface area contributed by atoms with E-state index < -0.39 is 17.3 Å². The first-order chi connectivity index (χ1) is 9.04. The van der Waals surface area contributed by atoms with Gasteiger partial charge in [-0.05, 0) is 13.0 Å². The standard InChI is InChI=1S/C12H8FN3O3/c1-5-2-10(19-16-5)11-14-8-3-6(12(17)18)7(13)4-9(8)15-11/h2-4H,1H3,(H,14,15)(H,17,18). The fourth-order valence-corrected chi connectivity index (χ4v) is 1.79. The number of halogens is 1. The zero-order valence-corrected chi connectivity index (χ0v) is 9.77. The van der Waals surface area contributed by atoms with Gasteiger partial charge in [-0.3, -0.25) is 0 Å². The molecule has 1 aromatic carbocycles. The first kappa shape index (κ1) is 11.4. The van der Waals surface area contributed by atoms with Gasteiger partial charge in [0.1, 0.15) is 5.82 Å². The monoisotopic (exact) mass is 261 g/mol. The number of carboxylic acids is 1. The number of aromatic carboxylic acids is 1. The summed E-state index contributed by atoms with van der Waals surface area (Å²) < 4.78 is 18.6. The van der Waals surface area contributed by atoms with E-state index in [4.69, 9.17) is 9.63 Å². The number of H-pyrrole nitrogens is 1. The second-order valence-corrected chi connectivity index (χ2v) is 4.07. The number of aromatic nitrogens is 3. The molecule has 2 aromatic heterocycles. The Morgan fingerprint density at radius 3 is 2.84 bits per heavy atom. The van der Waals surface area contributed by atoms with Gasteiger partial charge in [0.05, 0.1) is 22.3 Å². The van der Waals surface area contributed by atoms with Crippen molar-refractivity contribution in [3.8, 4) is 11.6 Å². The molecule has 0 saturated heterocycles. The molecular formula is C12H8FN3O3. The Morgan fingerprint density at radius 1 is 1.42 bits per heavy atom. The van der Waals surface area contributed by atoms with E-state index in [1.54, 1.807) is 13.0 Å². The van der Waals surface area contributed by atoms with E-state index in [1.165, 1.54) is 6.07 Å². The molecule has 0 atom stereocenters. The van der Waals surface area contributed by atoms with Crippen LogP contribution >= 0.6 is 0 Å². The summed E-state index contributed by atoms with van der Waals surface area (Å²) >= 11 is 0. The van der Waals surface area contributed by atoms with E-state index in [2.05, 4.69) is 15.1 Å². The number of nitrogens with one attached hydrogen (secondary N) is 1. The van der Waals surface area contributed by atoms with Crippen molar-refractivity contribution in [3.63, 3.8) is 0 Å². The van der Waals surface area contributed by atoms with E-state index in [0.717, 1.165) is 6.07 Å². The zero-order valence-electron chi connectivity index (χ0n) is 9.77. The summed E-state index contributed by atoms with van der Waals surface area (Å²) in [6.45, 7) is 1.76. The highest BCUT2D eigenvalue weighted by Crippen LogP contribution is 2.23. The Morgan fingerprint density at radius 2 is 2.21 bits per heavy atom. The third-order valence-corrected chi connectivity index (χ3v) is 2.66. The van der Waals surface area contributed by atoms with E-state index in [1.807, 2.05) is 0 Å². The highest BCUT2D eigenvalue weighted by Gasteiger charge is 2.15. The molecule has 19 heavy (non-hydrogen) atoms. The van der Waals surface area contributed by atoms with Crippen molar-refractivity contribution >= 4 is 17.0 Å². The molecule has 0 amide bonds. The van der Waals surface area contributed by atoms with Gasteiger partial charge in [0.25, 0.3) is 0 Å². The normalized spacial score (nSPS) is 11.1. The average Bonchev–Trinajstić information content (AvgIpc) is 2.93. The van der Waals surface area contributed by atoms with Gasteiger partial charge in [-0.25, -0.2) is 14.2 Å². The van der Waals surface area contributed by atoms with Gasteiger partial charge in [-0.2, -0.15) is 0 Å². The Balaban J connectivity index is 2.18. The number of benzene rings is 1. The number of hydrogen-bond acceptors (Lipinski definition) is 4. The fourth-order valence-electron chi connectivity index (χ4n) is 1.79. The lowest BCUT2D eigenvalue weighted by atomic mass is 10.2. The number of rotatable bonds is 2. The molecule has 0 saturated carbocycles. The summed E-state index contributed by atoms with van der Waals surface area (Å²) in [6, 6.07) is 3.95. The maximum Gasteiger partial charge on any atom is 0.338 e. The first-order valence-electron chi connectivity index (χ1n) is 5.41. The molecule has 0 spiro atoms. The Labute approximate surface area is 105 Å². The van der Waals surface area contributed by atoms with Crippen molar-refractivity contribution in [2.75, 3.05) is 0 Å². The average molecular weight is 261 g/mol. The van der Waals surface area contributed by atoms with Gasteiger partial charge in [-0.15, -0.1) is 0 Å². The van der Waals surface area contributed by atoms with Crippen LogP contribution in [0.15, 0.2) is 22.7 Å². The molecule has 0 aliphatic carbocycles. The predicted octanol–water partition coefficient (Wildman–Crippen LogP) is 2.36. The number of aromatic amines is 1. The molecule has 0 aliphatic rings. The number of nitrogens with zero attached hydrogens (tertiary/aromatic N) is 2. The molecule has 2 N–H and O–H groups in total. The number of aryl methyl sites for hydroxylation is 1. The predicted molar refractivity (Wildman–Crippen MR) is 63.2 cm³/mol. The van der Waals surface area contributed by atoms with E-state index >= 15 is 0 Å². The van der Waals surface area contributed by atoms with Gasteiger partial charge in [0.2, 0.25) is 5.76 Å². The molecule has 96 valence electrons. The highest BCUT2D eigenvalue weighted by atomic mass is 19.1. The number of carbonyl (C=O) groups is 1. The summed E-state index contributed by atoms with van der Waals surface area (Å²) in [6.07, 6.45) is 0. The minimum Gasteiger partial charge on any atom is -0.478 e. The number of imidazole rings is 1. The van der Waals surface area contributed by atoms with E-state index in [-0.39, 0.29) is 0 Å². The Kier molecular flexibility index (Phi) is 2.34. The lowest BCUT2D eigenvalue weighted by molar-refractivity contribution is 0.0692. The van der Waals surface area contributed by atoms with E-state index in [9.17, 15) is 9.18 Å². The van der Waals surface area contributed by atoms with Crippen LogP contribution in [-0.4, -0.2) is 26.2 Å². The maximum absolute atomic E-state index is 13.5. The van der Waals surface area contributed by atoms with Crippen molar-refractivity contribution in [2.45, 2.75) is 6.92 Å². The van der Waals surface area contributed by atoms with Crippen LogP contribution in [-0.2, 0) is 0 Å². The molecule has 7 heteroatoms. The SMILES string of the molecule is Cc1cc(-c2nc3cc(C(=O)O)c(F)cc3[nH]2)on1. The smallest absolute Gasteiger partial charge is 0.338 e. The summed E-state index contributed by atoms with van der Waals surface area (Å²) in [5, 5.41) is 12.6. The minimum absolute atomic E-state index is 0.350. The van der Waals surface area contributed by atoms with Gasteiger partial charge in [0, 0.05) is 12.1 Å².